The molecule has 1 aromatic heterocycles. The molecule has 188 valence electrons. The van der Waals surface area contributed by atoms with Crippen molar-refractivity contribution in [2.45, 2.75) is 50.5 Å². The fraction of sp³-hybridized carbons (Fsp3) is 0.462. The molecule has 0 unspecified atom stereocenters. The van der Waals surface area contributed by atoms with Crippen LogP contribution in [0.3, 0.4) is 0 Å². The molecule has 0 N–H and O–H groups in total. The van der Waals surface area contributed by atoms with Crippen LogP contribution in [0.25, 0.3) is 11.0 Å². The second-order valence-corrected chi connectivity index (χ2v) is 12.2. The van der Waals surface area contributed by atoms with Crippen molar-refractivity contribution in [2.24, 2.45) is 5.92 Å². The van der Waals surface area contributed by atoms with Crippen molar-refractivity contribution in [1.82, 2.24) is 9.55 Å². The van der Waals surface area contributed by atoms with Gasteiger partial charge in [0.1, 0.15) is 5.82 Å². The van der Waals surface area contributed by atoms with Gasteiger partial charge >= 0.3 is 0 Å². The summed E-state index contributed by atoms with van der Waals surface area (Å²) in [5, 5.41) is 0. The smallest absolute Gasteiger partial charge is 0.264 e. The molecule has 0 radical (unpaired) electrons. The first-order valence-electron chi connectivity index (χ1n) is 11.9. The molecule has 2 heterocycles. The van der Waals surface area contributed by atoms with Gasteiger partial charge in [0.05, 0.1) is 21.6 Å². The van der Waals surface area contributed by atoms with Crippen LogP contribution in [0.15, 0.2) is 47.4 Å². The highest BCUT2D eigenvalue weighted by atomic mass is 32.2. The van der Waals surface area contributed by atoms with Gasteiger partial charge in [-0.2, -0.15) is 0 Å². The molecular weight excluding hydrogens is 464 g/mol. The molecule has 35 heavy (non-hydrogen) atoms. The van der Waals surface area contributed by atoms with Crippen LogP contribution < -0.4 is 9.21 Å². The predicted octanol–water partition coefficient (Wildman–Crippen LogP) is 4.18. The summed E-state index contributed by atoms with van der Waals surface area (Å²) >= 11 is 0. The van der Waals surface area contributed by atoms with E-state index in [0.717, 1.165) is 49.5 Å². The number of aromatic nitrogens is 2. The Morgan fingerprint density at radius 1 is 1.06 bits per heavy atom. The first kappa shape index (κ1) is 25.2. The lowest BCUT2D eigenvalue weighted by Gasteiger charge is -2.26. The predicted molar refractivity (Wildman–Crippen MR) is 138 cm³/mol. The fourth-order valence-electron chi connectivity index (χ4n) is 4.47. The van der Waals surface area contributed by atoms with Crippen molar-refractivity contribution in [3.05, 3.63) is 48.3 Å². The minimum atomic E-state index is -3.79. The Morgan fingerprint density at radius 3 is 2.29 bits per heavy atom. The summed E-state index contributed by atoms with van der Waals surface area (Å²) < 4.78 is 35.7. The van der Waals surface area contributed by atoms with Crippen molar-refractivity contribution in [1.29, 1.82) is 0 Å². The van der Waals surface area contributed by atoms with Gasteiger partial charge in [-0.25, -0.2) is 13.4 Å². The second-order valence-electron chi connectivity index (χ2n) is 10.2. The van der Waals surface area contributed by atoms with Crippen LogP contribution in [-0.2, 0) is 31.5 Å². The number of carbonyl (C=O) groups excluding carboxylic acids is 1. The molecule has 0 spiro atoms. The summed E-state index contributed by atoms with van der Waals surface area (Å²) in [5.74, 6) is 1.53. The number of ether oxygens (including phenoxy) is 1. The lowest BCUT2D eigenvalue weighted by atomic mass is 9.94. The van der Waals surface area contributed by atoms with Crippen molar-refractivity contribution < 1.29 is 17.9 Å². The van der Waals surface area contributed by atoms with Gasteiger partial charge in [0.15, 0.2) is 0 Å². The summed E-state index contributed by atoms with van der Waals surface area (Å²) in [6, 6.07) is 11.9. The van der Waals surface area contributed by atoms with Crippen molar-refractivity contribution in [2.75, 3.05) is 36.5 Å². The number of fused-ring (bicyclic) bond motifs is 1. The maximum atomic E-state index is 13.3. The minimum absolute atomic E-state index is 0.154. The molecule has 0 saturated carbocycles. The van der Waals surface area contributed by atoms with E-state index in [1.165, 1.54) is 21.3 Å². The number of sulfonamides is 1. The third kappa shape index (κ3) is 5.06. The van der Waals surface area contributed by atoms with Crippen molar-refractivity contribution in [3.8, 4) is 0 Å². The van der Waals surface area contributed by atoms with Gasteiger partial charge in [-0.05, 0) is 61.2 Å². The Bertz CT molecular complexity index is 1300. The van der Waals surface area contributed by atoms with Gasteiger partial charge in [-0.1, -0.05) is 20.8 Å². The Balaban J connectivity index is 1.68. The number of amides is 1. The van der Waals surface area contributed by atoms with Gasteiger partial charge in [0.25, 0.3) is 10.0 Å². The zero-order valence-electron chi connectivity index (χ0n) is 21.1. The molecule has 1 aliphatic heterocycles. The summed E-state index contributed by atoms with van der Waals surface area (Å²) in [5.41, 5.74) is 2.80. The Hall–Kier alpha value is -2.91. The summed E-state index contributed by atoms with van der Waals surface area (Å²) in [7, 11) is -0.623. The highest BCUT2D eigenvalue weighted by Gasteiger charge is 2.27. The lowest BCUT2D eigenvalue weighted by Crippen LogP contribution is -2.26. The van der Waals surface area contributed by atoms with E-state index in [1.54, 1.807) is 26.2 Å². The largest absolute Gasteiger partial charge is 0.381 e. The Labute approximate surface area is 207 Å². The monoisotopic (exact) mass is 498 g/mol. The van der Waals surface area contributed by atoms with Crippen LogP contribution in [0.4, 0.5) is 11.4 Å². The molecule has 9 heteroatoms. The van der Waals surface area contributed by atoms with E-state index in [-0.39, 0.29) is 10.3 Å². The molecule has 4 rings (SSSR count). The van der Waals surface area contributed by atoms with E-state index < -0.39 is 10.0 Å². The van der Waals surface area contributed by atoms with E-state index in [4.69, 9.17) is 9.72 Å². The summed E-state index contributed by atoms with van der Waals surface area (Å²) in [6.45, 7) is 8.91. The maximum Gasteiger partial charge on any atom is 0.264 e. The topological polar surface area (TPSA) is 84.7 Å². The Morgan fingerprint density at radius 2 is 1.69 bits per heavy atom. The minimum Gasteiger partial charge on any atom is -0.381 e. The molecule has 1 aliphatic rings. The quantitative estimate of drug-likeness (QED) is 0.456. The fourth-order valence-corrected chi connectivity index (χ4v) is 5.66. The standard InChI is InChI=1S/C26H34N4O4S/c1-26(2,3)25-27-23-16-21(8-11-24(23)30(25)17-19-12-14-34-15-13-19)29(5)35(32,33)22-9-6-20(7-10-22)28(4)18-31/h6-11,16,18-19H,12-15,17H2,1-5H3. The molecule has 1 fully saturated rings. The molecule has 1 saturated heterocycles. The zero-order valence-corrected chi connectivity index (χ0v) is 21.9. The van der Waals surface area contributed by atoms with E-state index in [9.17, 15) is 13.2 Å². The molecule has 3 aromatic rings. The highest BCUT2D eigenvalue weighted by Crippen LogP contribution is 2.32. The number of benzene rings is 2. The lowest BCUT2D eigenvalue weighted by molar-refractivity contribution is -0.107. The number of carbonyl (C=O) groups is 1. The third-order valence-electron chi connectivity index (χ3n) is 6.61. The van der Waals surface area contributed by atoms with E-state index in [1.807, 2.05) is 18.2 Å². The van der Waals surface area contributed by atoms with Crippen molar-refractivity contribution >= 4 is 38.8 Å². The average molecular weight is 499 g/mol. The van der Waals surface area contributed by atoms with Crippen molar-refractivity contribution in [3.63, 3.8) is 0 Å². The summed E-state index contributed by atoms with van der Waals surface area (Å²) in [4.78, 5) is 17.5. The van der Waals surface area contributed by atoms with E-state index in [2.05, 4.69) is 25.3 Å². The van der Waals surface area contributed by atoms with Crippen LogP contribution in [-0.4, -0.2) is 51.7 Å². The van der Waals surface area contributed by atoms with Gasteiger partial charge in [0, 0.05) is 45.0 Å². The maximum absolute atomic E-state index is 13.3. The zero-order chi connectivity index (χ0) is 25.4. The van der Waals surface area contributed by atoms with Gasteiger partial charge in [-0.15, -0.1) is 0 Å². The summed E-state index contributed by atoms with van der Waals surface area (Å²) in [6.07, 6.45) is 2.74. The number of anilines is 2. The van der Waals surface area contributed by atoms with Crippen LogP contribution >= 0.6 is 0 Å². The van der Waals surface area contributed by atoms with Crippen LogP contribution in [0, 0.1) is 5.92 Å². The van der Waals surface area contributed by atoms with Gasteiger partial charge in [0.2, 0.25) is 6.41 Å². The first-order chi connectivity index (χ1) is 16.5. The number of rotatable bonds is 7. The molecule has 1 amide bonds. The normalized spacial score (nSPS) is 15.3. The van der Waals surface area contributed by atoms with Gasteiger partial charge < -0.3 is 14.2 Å². The first-order valence-corrected chi connectivity index (χ1v) is 13.3. The number of imidazole rings is 1. The molecule has 2 aromatic carbocycles. The van der Waals surface area contributed by atoms with Crippen LogP contribution in [0.2, 0.25) is 0 Å². The molecule has 8 nitrogen and oxygen atoms in total. The van der Waals surface area contributed by atoms with Crippen LogP contribution in [0.1, 0.15) is 39.4 Å². The molecule has 0 atom stereocenters. The molecule has 0 aliphatic carbocycles. The average Bonchev–Trinajstić information content (AvgIpc) is 3.21. The third-order valence-corrected chi connectivity index (χ3v) is 8.41. The second kappa shape index (κ2) is 9.62. The molecular formula is C26H34N4O4S. The van der Waals surface area contributed by atoms with E-state index >= 15 is 0 Å². The number of hydrogen-bond acceptors (Lipinski definition) is 5. The highest BCUT2D eigenvalue weighted by molar-refractivity contribution is 7.92. The molecule has 0 bridgehead atoms. The SMILES string of the molecule is CN(C=O)c1ccc(S(=O)(=O)N(C)c2ccc3c(c2)nc(C(C)(C)C)n3CC2CCOCC2)cc1. The van der Waals surface area contributed by atoms with Crippen LogP contribution in [0.5, 0.6) is 0 Å². The number of nitrogens with zero attached hydrogens (tertiary/aromatic N) is 4. The Kier molecular flexibility index (Phi) is 6.92. The number of hydrogen-bond donors (Lipinski definition) is 0. The van der Waals surface area contributed by atoms with Gasteiger partial charge in [-0.3, -0.25) is 9.10 Å². The van der Waals surface area contributed by atoms with E-state index in [0.29, 0.717) is 23.7 Å².